The monoisotopic (exact) mass is 209 g/mol. The number of nitrogens with zero attached hydrogens (tertiary/aromatic N) is 2. The van der Waals surface area contributed by atoms with Gasteiger partial charge in [0.25, 0.3) is 0 Å². The fourth-order valence-corrected chi connectivity index (χ4v) is 1.12. The van der Waals surface area contributed by atoms with E-state index in [1.54, 1.807) is 38.0 Å². The molecule has 1 aromatic heterocycles. The van der Waals surface area contributed by atoms with Gasteiger partial charge in [0, 0.05) is 25.0 Å². The summed E-state index contributed by atoms with van der Waals surface area (Å²) >= 11 is 0. The van der Waals surface area contributed by atoms with Gasteiger partial charge in [-0.05, 0) is 13.8 Å². The number of ether oxygens (including phenoxy) is 1. The number of carbonyl (C=O) groups is 1. The fraction of sp³-hybridized carbons (Fsp3) is 0.400. The van der Waals surface area contributed by atoms with Crippen molar-refractivity contribution in [1.29, 1.82) is 0 Å². The molecule has 0 radical (unpaired) electrons. The molecule has 2 N–H and O–H groups in total. The van der Waals surface area contributed by atoms with Crippen molar-refractivity contribution in [2.45, 2.75) is 20.0 Å². The lowest BCUT2D eigenvalue weighted by molar-refractivity contribution is -0.140. The Labute approximate surface area is 88.5 Å². The number of nitrogens with two attached hydrogens (primary N) is 1. The van der Waals surface area contributed by atoms with Gasteiger partial charge in [0.15, 0.2) is 0 Å². The number of rotatable bonds is 3. The SMILES string of the molecule is CC(C)OC(=O)/C(=C/N)c1cnn(C)c1. The van der Waals surface area contributed by atoms with Gasteiger partial charge in [-0.1, -0.05) is 0 Å². The predicted octanol–water partition coefficient (Wildman–Crippen LogP) is 0.671. The van der Waals surface area contributed by atoms with Crippen molar-refractivity contribution in [2.75, 3.05) is 0 Å². The van der Waals surface area contributed by atoms with Gasteiger partial charge in [0.05, 0.1) is 17.9 Å². The lowest BCUT2D eigenvalue weighted by Gasteiger charge is -2.08. The number of aryl methyl sites for hydroxylation is 1. The standard InChI is InChI=1S/C10H15N3O2/c1-7(2)15-10(14)9(4-11)8-5-12-13(3)6-8/h4-7H,11H2,1-3H3/b9-4+. The van der Waals surface area contributed by atoms with E-state index in [2.05, 4.69) is 5.10 Å². The quantitative estimate of drug-likeness (QED) is 0.586. The molecule has 0 spiro atoms. The molecule has 0 aliphatic carbocycles. The van der Waals surface area contributed by atoms with Crippen molar-refractivity contribution in [3.63, 3.8) is 0 Å². The maximum Gasteiger partial charge on any atom is 0.340 e. The first kappa shape index (κ1) is 11.3. The maximum absolute atomic E-state index is 11.6. The molecule has 0 saturated heterocycles. The van der Waals surface area contributed by atoms with E-state index in [1.807, 2.05) is 0 Å². The van der Waals surface area contributed by atoms with Crippen molar-refractivity contribution in [3.05, 3.63) is 24.2 Å². The minimum Gasteiger partial charge on any atom is -0.459 e. The van der Waals surface area contributed by atoms with Crippen LogP contribution in [0.2, 0.25) is 0 Å². The van der Waals surface area contributed by atoms with Gasteiger partial charge in [0.2, 0.25) is 0 Å². The van der Waals surface area contributed by atoms with Gasteiger partial charge >= 0.3 is 5.97 Å². The molecule has 0 amide bonds. The molecule has 0 fully saturated rings. The molecule has 1 rings (SSSR count). The Morgan fingerprint density at radius 1 is 1.67 bits per heavy atom. The summed E-state index contributed by atoms with van der Waals surface area (Å²) in [6, 6.07) is 0. The zero-order valence-electron chi connectivity index (χ0n) is 9.10. The van der Waals surface area contributed by atoms with Crippen LogP contribution >= 0.6 is 0 Å². The Kier molecular flexibility index (Phi) is 3.49. The molecule has 0 aliphatic rings. The normalized spacial score (nSPS) is 11.9. The number of carbonyl (C=O) groups excluding carboxylic acids is 1. The molecule has 15 heavy (non-hydrogen) atoms. The summed E-state index contributed by atoms with van der Waals surface area (Å²) in [7, 11) is 1.77. The van der Waals surface area contributed by atoms with Crippen LogP contribution in [0.25, 0.3) is 5.57 Å². The van der Waals surface area contributed by atoms with Crippen LogP contribution < -0.4 is 5.73 Å². The van der Waals surface area contributed by atoms with Crippen molar-refractivity contribution in [2.24, 2.45) is 12.8 Å². The average Bonchev–Trinajstić information content (AvgIpc) is 2.51. The molecule has 1 aromatic rings. The second-order valence-electron chi connectivity index (χ2n) is 3.44. The highest BCUT2D eigenvalue weighted by atomic mass is 16.5. The predicted molar refractivity (Wildman–Crippen MR) is 56.6 cm³/mol. The minimum absolute atomic E-state index is 0.163. The number of esters is 1. The summed E-state index contributed by atoms with van der Waals surface area (Å²) in [4.78, 5) is 11.6. The van der Waals surface area contributed by atoms with E-state index < -0.39 is 5.97 Å². The molecule has 5 heteroatoms. The molecule has 0 saturated carbocycles. The first-order chi connectivity index (χ1) is 7.04. The van der Waals surface area contributed by atoms with Crippen molar-refractivity contribution >= 4 is 11.5 Å². The number of hydrogen-bond donors (Lipinski definition) is 1. The Bertz CT molecular complexity index is 380. The van der Waals surface area contributed by atoms with Crippen LogP contribution in [0.1, 0.15) is 19.4 Å². The summed E-state index contributed by atoms with van der Waals surface area (Å²) < 4.78 is 6.64. The van der Waals surface area contributed by atoms with Gasteiger partial charge < -0.3 is 10.5 Å². The zero-order valence-corrected chi connectivity index (χ0v) is 9.10. The Morgan fingerprint density at radius 3 is 2.73 bits per heavy atom. The van der Waals surface area contributed by atoms with Crippen LogP contribution in [0, 0.1) is 0 Å². The summed E-state index contributed by atoms with van der Waals surface area (Å²) in [6.07, 6.45) is 4.35. The third kappa shape index (κ3) is 2.83. The highest BCUT2D eigenvalue weighted by Gasteiger charge is 2.15. The van der Waals surface area contributed by atoms with E-state index >= 15 is 0 Å². The summed E-state index contributed by atoms with van der Waals surface area (Å²) in [5.74, 6) is -0.430. The fourth-order valence-electron chi connectivity index (χ4n) is 1.12. The lowest BCUT2D eigenvalue weighted by Crippen LogP contribution is -2.13. The van der Waals surface area contributed by atoms with Crippen LogP contribution in [-0.2, 0) is 16.6 Å². The van der Waals surface area contributed by atoms with Gasteiger partial charge in [0.1, 0.15) is 0 Å². The third-order valence-corrected chi connectivity index (χ3v) is 1.75. The first-order valence-electron chi connectivity index (χ1n) is 4.66. The second kappa shape index (κ2) is 4.63. The van der Waals surface area contributed by atoms with Crippen molar-refractivity contribution in [3.8, 4) is 0 Å². The van der Waals surface area contributed by atoms with Crippen LogP contribution in [0.15, 0.2) is 18.6 Å². The molecular formula is C10H15N3O2. The minimum atomic E-state index is -0.430. The van der Waals surface area contributed by atoms with E-state index in [4.69, 9.17) is 10.5 Å². The van der Waals surface area contributed by atoms with Gasteiger partial charge in [-0.3, -0.25) is 4.68 Å². The number of aromatic nitrogens is 2. The van der Waals surface area contributed by atoms with Gasteiger partial charge in [-0.15, -0.1) is 0 Å². The first-order valence-corrected chi connectivity index (χ1v) is 4.66. The summed E-state index contributed by atoms with van der Waals surface area (Å²) in [5.41, 5.74) is 6.38. The van der Waals surface area contributed by atoms with Crippen molar-refractivity contribution < 1.29 is 9.53 Å². The zero-order chi connectivity index (χ0) is 11.4. The molecular weight excluding hydrogens is 194 g/mol. The molecule has 0 aromatic carbocycles. The van der Waals surface area contributed by atoms with Gasteiger partial charge in [-0.25, -0.2) is 4.79 Å². The van der Waals surface area contributed by atoms with E-state index in [9.17, 15) is 4.79 Å². The molecule has 0 bridgehead atoms. The Balaban J connectivity index is 2.86. The van der Waals surface area contributed by atoms with E-state index in [0.717, 1.165) is 0 Å². The smallest absolute Gasteiger partial charge is 0.340 e. The Hall–Kier alpha value is -1.78. The van der Waals surface area contributed by atoms with Crippen LogP contribution in [-0.4, -0.2) is 21.9 Å². The van der Waals surface area contributed by atoms with Crippen LogP contribution in [0.4, 0.5) is 0 Å². The molecule has 0 unspecified atom stereocenters. The maximum atomic E-state index is 11.6. The second-order valence-corrected chi connectivity index (χ2v) is 3.44. The van der Waals surface area contributed by atoms with E-state index in [1.165, 1.54) is 6.20 Å². The van der Waals surface area contributed by atoms with Crippen molar-refractivity contribution in [1.82, 2.24) is 9.78 Å². The molecule has 82 valence electrons. The molecule has 1 heterocycles. The highest BCUT2D eigenvalue weighted by Crippen LogP contribution is 2.14. The molecule has 5 nitrogen and oxygen atoms in total. The van der Waals surface area contributed by atoms with Crippen LogP contribution in [0.3, 0.4) is 0 Å². The summed E-state index contributed by atoms with van der Waals surface area (Å²) in [5, 5.41) is 3.96. The highest BCUT2D eigenvalue weighted by molar-refractivity contribution is 6.16. The topological polar surface area (TPSA) is 70.1 Å². The third-order valence-electron chi connectivity index (χ3n) is 1.75. The number of hydrogen-bond acceptors (Lipinski definition) is 4. The summed E-state index contributed by atoms with van der Waals surface area (Å²) in [6.45, 7) is 3.57. The Morgan fingerprint density at radius 2 is 2.33 bits per heavy atom. The lowest BCUT2D eigenvalue weighted by atomic mass is 10.1. The van der Waals surface area contributed by atoms with E-state index in [-0.39, 0.29) is 6.10 Å². The largest absolute Gasteiger partial charge is 0.459 e. The molecule has 0 atom stereocenters. The van der Waals surface area contributed by atoms with Crippen LogP contribution in [0.5, 0.6) is 0 Å². The van der Waals surface area contributed by atoms with E-state index in [0.29, 0.717) is 11.1 Å². The molecule has 0 aliphatic heterocycles. The van der Waals surface area contributed by atoms with Gasteiger partial charge in [-0.2, -0.15) is 5.10 Å². The average molecular weight is 209 g/mol.